The third-order valence-electron chi connectivity index (χ3n) is 4.34. The summed E-state index contributed by atoms with van der Waals surface area (Å²) in [4.78, 5) is 16.6. The van der Waals surface area contributed by atoms with Crippen molar-refractivity contribution in [2.75, 3.05) is 5.32 Å². The first-order valence-electron chi connectivity index (χ1n) is 9.07. The van der Waals surface area contributed by atoms with Crippen LogP contribution in [0, 0.1) is 0 Å². The number of urea groups is 1. The summed E-state index contributed by atoms with van der Waals surface area (Å²) in [5.74, 6) is 0. The molecule has 28 heavy (non-hydrogen) atoms. The van der Waals surface area contributed by atoms with Gasteiger partial charge in [0.1, 0.15) is 0 Å². The van der Waals surface area contributed by atoms with E-state index in [-0.39, 0.29) is 12.1 Å². The van der Waals surface area contributed by atoms with E-state index in [0.717, 1.165) is 22.3 Å². The molecular formula is C20H21N7O. The molecule has 4 aromatic rings. The van der Waals surface area contributed by atoms with Crippen LogP contribution in [0.3, 0.4) is 0 Å². The average Bonchev–Trinajstić information content (AvgIpc) is 3.36. The fourth-order valence-corrected chi connectivity index (χ4v) is 2.93. The van der Waals surface area contributed by atoms with Crippen LogP contribution in [0.2, 0.25) is 0 Å². The van der Waals surface area contributed by atoms with Crippen molar-refractivity contribution in [3.8, 4) is 5.69 Å². The monoisotopic (exact) mass is 375 g/mol. The molecule has 8 heteroatoms. The fraction of sp³-hybridized carbons (Fsp3) is 0.200. The molecule has 0 spiro atoms. The summed E-state index contributed by atoms with van der Waals surface area (Å²) < 4.78 is 3.64. The minimum absolute atomic E-state index is 0.229. The Morgan fingerprint density at radius 1 is 1.14 bits per heavy atom. The minimum Gasteiger partial charge on any atom is -0.334 e. The molecule has 8 nitrogen and oxygen atoms in total. The van der Waals surface area contributed by atoms with Gasteiger partial charge in [-0.25, -0.2) is 19.1 Å². The van der Waals surface area contributed by atoms with Gasteiger partial charge in [0.05, 0.1) is 23.8 Å². The average molecular weight is 375 g/mol. The number of anilines is 1. The molecular weight excluding hydrogens is 354 g/mol. The summed E-state index contributed by atoms with van der Waals surface area (Å²) in [6, 6.07) is 11.5. The quantitative estimate of drug-likeness (QED) is 0.558. The van der Waals surface area contributed by atoms with E-state index in [1.54, 1.807) is 23.3 Å². The molecule has 0 unspecified atom stereocenters. The number of nitrogens with zero attached hydrogens (tertiary/aromatic N) is 5. The van der Waals surface area contributed by atoms with E-state index in [9.17, 15) is 4.79 Å². The Bertz CT molecular complexity index is 1080. The first kappa shape index (κ1) is 17.7. The van der Waals surface area contributed by atoms with E-state index in [2.05, 4.69) is 39.7 Å². The lowest BCUT2D eigenvalue weighted by Crippen LogP contribution is -2.28. The van der Waals surface area contributed by atoms with Gasteiger partial charge < -0.3 is 10.6 Å². The summed E-state index contributed by atoms with van der Waals surface area (Å²) in [5, 5.41) is 15.1. The van der Waals surface area contributed by atoms with E-state index < -0.39 is 0 Å². The molecule has 142 valence electrons. The predicted molar refractivity (Wildman–Crippen MR) is 107 cm³/mol. The summed E-state index contributed by atoms with van der Waals surface area (Å²) in [5.41, 5.74) is 3.40. The Morgan fingerprint density at radius 3 is 2.68 bits per heavy atom. The van der Waals surface area contributed by atoms with Gasteiger partial charge in [-0.15, -0.1) is 0 Å². The van der Waals surface area contributed by atoms with E-state index in [1.165, 1.54) is 0 Å². The smallest absolute Gasteiger partial charge is 0.319 e. The highest BCUT2D eigenvalue weighted by molar-refractivity contribution is 5.91. The third-order valence-corrected chi connectivity index (χ3v) is 4.34. The van der Waals surface area contributed by atoms with Crippen molar-refractivity contribution in [1.29, 1.82) is 0 Å². The molecule has 3 heterocycles. The Labute approximate surface area is 162 Å². The second-order valence-corrected chi connectivity index (χ2v) is 6.74. The Balaban J connectivity index is 1.36. The van der Waals surface area contributed by atoms with Crippen molar-refractivity contribution in [3.63, 3.8) is 0 Å². The van der Waals surface area contributed by atoms with Crippen molar-refractivity contribution in [3.05, 3.63) is 66.7 Å². The van der Waals surface area contributed by atoms with Crippen LogP contribution in [0.5, 0.6) is 0 Å². The summed E-state index contributed by atoms with van der Waals surface area (Å²) in [7, 11) is 0. The van der Waals surface area contributed by atoms with Crippen LogP contribution < -0.4 is 10.6 Å². The highest BCUT2D eigenvalue weighted by Gasteiger charge is 2.09. The highest BCUT2D eigenvalue weighted by Crippen LogP contribution is 2.19. The molecule has 0 atom stereocenters. The molecule has 0 radical (unpaired) electrons. The number of nitrogens with one attached hydrogen (secondary N) is 2. The maximum absolute atomic E-state index is 12.2. The summed E-state index contributed by atoms with van der Waals surface area (Å²) in [6.45, 7) is 4.52. The number of pyridine rings is 1. The zero-order valence-electron chi connectivity index (χ0n) is 15.7. The number of benzene rings is 1. The Kier molecular flexibility index (Phi) is 4.76. The van der Waals surface area contributed by atoms with E-state index in [4.69, 9.17) is 0 Å². The zero-order valence-corrected chi connectivity index (χ0v) is 15.7. The molecule has 1 aromatic carbocycles. The van der Waals surface area contributed by atoms with Gasteiger partial charge in [0.2, 0.25) is 0 Å². The zero-order chi connectivity index (χ0) is 19.5. The SMILES string of the molecule is CC(C)n1ncc2cc(NC(=O)NCc3ccc(-n4cccn4)cc3)cnc21. The normalized spacial score (nSPS) is 11.1. The molecule has 0 bridgehead atoms. The van der Waals surface area contributed by atoms with Gasteiger partial charge in [-0.3, -0.25) is 0 Å². The minimum atomic E-state index is -0.284. The van der Waals surface area contributed by atoms with Gasteiger partial charge in [-0.05, 0) is 43.7 Å². The van der Waals surface area contributed by atoms with Crippen LogP contribution in [0.1, 0.15) is 25.5 Å². The molecule has 0 fully saturated rings. The predicted octanol–water partition coefficient (Wildman–Crippen LogP) is 3.52. The number of hydrogen-bond donors (Lipinski definition) is 2. The second kappa shape index (κ2) is 7.51. The van der Waals surface area contributed by atoms with Crippen LogP contribution in [0.25, 0.3) is 16.7 Å². The van der Waals surface area contributed by atoms with Crippen LogP contribution >= 0.6 is 0 Å². The van der Waals surface area contributed by atoms with Gasteiger partial charge in [0.15, 0.2) is 5.65 Å². The summed E-state index contributed by atoms with van der Waals surface area (Å²) >= 11 is 0. The highest BCUT2D eigenvalue weighted by atomic mass is 16.2. The molecule has 3 aromatic heterocycles. The van der Waals surface area contributed by atoms with Gasteiger partial charge in [0, 0.05) is 30.4 Å². The fourth-order valence-electron chi connectivity index (χ4n) is 2.93. The maximum Gasteiger partial charge on any atom is 0.319 e. The van der Waals surface area contributed by atoms with E-state index in [0.29, 0.717) is 12.2 Å². The van der Waals surface area contributed by atoms with Gasteiger partial charge in [-0.1, -0.05) is 12.1 Å². The third kappa shape index (κ3) is 3.71. The molecule has 0 aliphatic heterocycles. The van der Waals surface area contributed by atoms with Gasteiger partial charge in [0.25, 0.3) is 0 Å². The number of fused-ring (bicyclic) bond motifs is 1. The number of amides is 2. The van der Waals surface area contributed by atoms with E-state index >= 15 is 0 Å². The standard InChI is InChI=1S/C20H21N7O/c1-14(2)27-19-16(12-24-27)10-17(13-21-19)25-20(28)22-11-15-4-6-18(7-5-15)26-9-3-8-23-26/h3-10,12-14H,11H2,1-2H3,(H2,22,25,28). The van der Waals surface area contributed by atoms with Gasteiger partial charge >= 0.3 is 6.03 Å². The van der Waals surface area contributed by atoms with Crippen molar-refractivity contribution in [2.45, 2.75) is 26.4 Å². The molecule has 2 amide bonds. The maximum atomic E-state index is 12.2. The lowest BCUT2D eigenvalue weighted by Gasteiger charge is -2.09. The number of aromatic nitrogens is 5. The van der Waals surface area contributed by atoms with Crippen LogP contribution in [-0.4, -0.2) is 30.6 Å². The molecule has 0 saturated heterocycles. The molecule has 4 rings (SSSR count). The van der Waals surface area contributed by atoms with Crippen molar-refractivity contribution >= 4 is 22.8 Å². The lowest BCUT2D eigenvalue weighted by molar-refractivity contribution is 0.251. The van der Waals surface area contributed by atoms with Crippen LogP contribution in [-0.2, 0) is 6.54 Å². The first-order chi connectivity index (χ1) is 13.6. The van der Waals surface area contributed by atoms with Gasteiger partial charge in [-0.2, -0.15) is 10.2 Å². The lowest BCUT2D eigenvalue weighted by atomic mass is 10.2. The molecule has 2 N–H and O–H groups in total. The molecule has 0 saturated carbocycles. The van der Waals surface area contributed by atoms with Crippen LogP contribution in [0.15, 0.2) is 61.2 Å². The van der Waals surface area contributed by atoms with Crippen molar-refractivity contribution < 1.29 is 4.79 Å². The first-order valence-corrected chi connectivity index (χ1v) is 9.07. The number of hydrogen-bond acceptors (Lipinski definition) is 4. The second-order valence-electron chi connectivity index (χ2n) is 6.74. The van der Waals surface area contributed by atoms with Crippen molar-refractivity contribution in [2.24, 2.45) is 0 Å². The number of carbonyl (C=O) groups is 1. The number of carbonyl (C=O) groups excluding carboxylic acids is 1. The van der Waals surface area contributed by atoms with Crippen LogP contribution in [0.4, 0.5) is 10.5 Å². The Morgan fingerprint density at radius 2 is 1.96 bits per heavy atom. The summed E-state index contributed by atoms with van der Waals surface area (Å²) in [6.07, 6.45) is 7.02. The number of rotatable bonds is 5. The van der Waals surface area contributed by atoms with E-state index in [1.807, 2.05) is 47.3 Å². The molecule has 0 aliphatic carbocycles. The van der Waals surface area contributed by atoms with Crippen molar-refractivity contribution in [1.82, 2.24) is 29.9 Å². The Hall–Kier alpha value is -3.68. The molecule has 0 aliphatic rings. The topological polar surface area (TPSA) is 89.7 Å². The largest absolute Gasteiger partial charge is 0.334 e.